The number of nitrogens with two attached hydrogens (primary N) is 1. The second-order valence-electron chi connectivity index (χ2n) is 4.09. The predicted molar refractivity (Wildman–Crippen MR) is 77.2 cm³/mol. The van der Waals surface area contributed by atoms with Gasteiger partial charge in [0.15, 0.2) is 0 Å². The molecule has 0 fully saturated rings. The Morgan fingerprint density at radius 3 is 2.75 bits per heavy atom. The van der Waals surface area contributed by atoms with Gasteiger partial charge in [-0.05, 0) is 18.6 Å². The maximum Gasteiger partial charge on any atom is 0.253 e. The van der Waals surface area contributed by atoms with Gasteiger partial charge in [-0.15, -0.1) is 0 Å². The molecule has 1 aromatic carbocycles. The van der Waals surface area contributed by atoms with Crippen LogP contribution >= 0.6 is 23.2 Å². The number of benzene rings is 1. The first-order chi connectivity index (χ1) is 9.40. The highest BCUT2D eigenvalue weighted by atomic mass is 35.5. The lowest BCUT2D eigenvalue weighted by Gasteiger charge is -2.14. The van der Waals surface area contributed by atoms with Crippen LogP contribution < -0.4 is 11.1 Å². The van der Waals surface area contributed by atoms with Crippen LogP contribution in [0.4, 0.5) is 15.8 Å². The topological polar surface area (TPSA) is 68.0 Å². The first-order valence-corrected chi connectivity index (χ1v) is 6.32. The fourth-order valence-corrected chi connectivity index (χ4v) is 2.04. The van der Waals surface area contributed by atoms with E-state index >= 15 is 0 Å². The molecule has 104 valence electrons. The van der Waals surface area contributed by atoms with E-state index < -0.39 is 11.7 Å². The largest absolute Gasteiger partial charge is 0.365 e. The molecule has 0 unspecified atom stereocenters. The van der Waals surface area contributed by atoms with E-state index in [1.165, 1.54) is 24.4 Å². The summed E-state index contributed by atoms with van der Waals surface area (Å²) in [6.07, 6.45) is 1.35. The standard InChI is InChI=1S/C13H10Cl2FN3O/c1-6-2-3-8(16)11(13(17)20)12(6)19-9-4-10(15)18-5-7(9)14/h2-5H,1H3,(H2,17,20)(H,18,19). The monoisotopic (exact) mass is 313 g/mol. The van der Waals surface area contributed by atoms with Crippen LogP contribution in [0.2, 0.25) is 10.2 Å². The molecule has 0 saturated carbocycles. The summed E-state index contributed by atoms with van der Waals surface area (Å²) in [5.41, 5.74) is 6.29. The van der Waals surface area contributed by atoms with Crippen LogP contribution in [0.3, 0.4) is 0 Å². The van der Waals surface area contributed by atoms with Crippen LogP contribution in [-0.4, -0.2) is 10.9 Å². The van der Waals surface area contributed by atoms with Crippen molar-refractivity contribution in [3.05, 3.63) is 51.5 Å². The van der Waals surface area contributed by atoms with Crippen LogP contribution in [0.1, 0.15) is 15.9 Å². The van der Waals surface area contributed by atoms with E-state index in [1.54, 1.807) is 6.92 Å². The van der Waals surface area contributed by atoms with Gasteiger partial charge < -0.3 is 11.1 Å². The van der Waals surface area contributed by atoms with E-state index in [4.69, 9.17) is 28.9 Å². The fourth-order valence-electron chi connectivity index (χ4n) is 1.73. The van der Waals surface area contributed by atoms with E-state index in [1.807, 2.05) is 0 Å². The number of aromatic nitrogens is 1. The van der Waals surface area contributed by atoms with Crippen molar-refractivity contribution >= 4 is 40.5 Å². The fraction of sp³-hybridized carbons (Fsp3) is 0.0769. The van der Waals surface area contributed by atoms with Crippen molar-refractivity contribution in [2.45, 2.75) is 6.92 Å². The number of pyridine rings is 1. The van der Waals surface area contributed by atoms with E-state index in [0.717, 1.165) is 0 Å². The number of nitrogens with zero attached hydrogens (tertiary/aromatic N) is 1. The highest BCUT2D eigenvalue weighted by Gasteiger charge is 2.17. The molecule has 0 atom stereocenters. The van der Waals surface area contributed by atoms with Crippen molar-refractivity contribution in [2.75, 3.05) is 5.32 Å². The van der Waals surface area contributed by atoms with Gasteiger partial charge in [0.1, 0.15) is 11.0 Å². The molecular weight excluding hydrogens is 304 g/mol. The van der Waals surface area contributed by atoms with Crippen LogP contribution in [0.5, 0.6) is 0 Å². The first kappa shape index (κ1) is 14.6. The number of rotatable bonds is 3. The average Bonchev–Trinajstić information content (AvgIpc) is 2.37. The maximum atomic E-state index is 13.8. The lowest BCUT2D eigenvalue weighted by molar-refractivity contribution is 0.0997. The number of halogens is 3. The Kier molecular flexibility index (Phi) is 4.11. The minimum absolute atomic E-state index is 0.214. The molecule has 0 aliphatic carbocycles. The zero-order valence-electron chi connectivity index (χ0n) is 10.4. The SMILES string of the molecule is Cc1ccc(F)c(C(N)=O)c1Nc1cc(Cl)ncc1Cl. The number of anilines is 2. The van der Waals surface area contributed by atoms with Crippen LogP contribution in [0.15, 0.2) is 24.4 Å². The van der Waals surface area contributed by atoms with Crippen molar-refractivity contribution in [3.8, 4) is 0 Å². The van der Waals surface area contributed by atoms with Crippen molar-refractivity contribution in [3.63, 3.8) is 0 Å². The van der Waals surface area contributed by atoms with E-state index in [-0.39, 0.29) is 21.4 Å². The Bertz CT molecular complexity index is 692. The molecular formula is C13H10Cl2FN3O. The van der Waals surface area contributed by atoms with Crippen molar-refractivity contribution in [1.29, 1.82) is 0 Å². The van der Waals surface area contributed by atoms with Gasteiger partial charge in [0, 0.05) is 12.3 Å². The van der Waals surface area contributed by atoms with Gasteiger partial charge in [-0.1, -0.05) is 29.3 Å². The summed E-state index contributed by atoms with van der Waals surface area (Å²) < 4.78 is 13.8. The third kappa shape index (κ3) is 2.84. The molecule has 1 heterocycles. The van der Waals surface area contributed by atoms with E-state index in [2.05, 4.69) is 10.3 Å². The normalized spacial score (nSPS) is 10.4. The van der Waals surface area contributed by atoms with Crippen LogP contribution in [-0.2, 0) is 0 Å². The Morgan fingerprint density at radius 2 is 2.10 bits per heavy atom. The van der Waals surface area contributed by atoms with Gasteiger partial charge in [-0.2, -0.15) is 0 Å². The molecule has 2 rings (SSSR count). The molecule has 2 aromatic rings. The smallest absolute Gasteiger partial charge is 0.253 e. The summed E-state index contributed by atoms with van der Waals surface area (Å²) in [5.74, 6) is -1.58. The molecule has 4 nitrogen and oxygen atoms in total. The molecule has 20 heavy (non-hydrogen) atoms. The number of amides is 1. The quantitative estimate of drug-likeness (QED) is 0.849. The maximum absolute atomic E-state index is 13.8. The number of nitrogens with one attached hydrogen (secondary N) is 1. The molecule has 1 amide bonds. The predicted octanol–water partition coefficient (Wildman–Crippen LogP) is 3.68. The number of primary amides is 1. The highest BCUT2D eigenvalue weighted by molar-refractivity contribution is 6.34. The number of aryl methyl sites for hydroxylation is 1. The molecule has 1 aromatic heterocycles. The van der Waals surface area contributed by atoms with Gasteiger partial charge in [0.25, 0.3) is 5.91 Å². The van der Waals surface area contributed by atoms with E-state index in [9.17, 15) is 9.18 Å². The Hall–Kier alpha value is -1.85. The number of carbonyl (C=O) groups is 1. The third-order valence-electron chi connectivity index (χ3n) is 2.69. The first-order valence-electron chi connectivity index (χ1n) is 5.57. The molecule has 0 bridgehead atoms. The lowest BCUT2D eigenvalue weighted by atomic mass is 10.1. The summed E-state index contributed by atoms with van der Waals surface area (Å²) in [7, 11) is 0. The summed E-state index contributed by atoms with van der Waals surface area (Å²) in [4.78, 5) is 15.2. The average molecular weight is 314 g/mol. The van der Waals surface area contributed by atoms with E-state index in [0.29, 0.717) is 11.3 Å². The summed E-state index contributed by atoms with van der Waals surface area (Å²) in [6, 6.07) is 4.18. The lowest BCUT2D eigenvalue weighted by Crippen LogP contribution is -2.16. The van der Waals surface area contributed by atoms with Gasteiger partial charge >= 0.3 is 0 Å². The summed E-state index contributed by atoms with van der Waals surface area (Å²) >= 11 is 11.8. The van der Waals surface area contributed by atoms with Gasteiger partial charge in [-0.25, -0.2) is 9.37 Å². The Morgan fingerprint density at radius 1 is 1.40 bits per heavy atom. The minimum Gasteiger partial charge on any atom is -0.365 e. The third-order valence-corrected chi connectivity index (χ3v) is 3.20. The number of hydrogen-bond acceptors (Lipinski definition) is 3. The van der Waals surface area contributed by atoms with Gasteiger partial charge in [0.05, 0.1) is 22.0 Å². The zero-order chi connectivity index (χ0) is 14.9. The molecule has 7 heteroatoms. The summed E-state index contributed by atoms with van der Waals surface area (Å²) in [6.45, 7) is 1.71. The van der Waals surface area contributed by atoms with Crippen molar-refractivity contribution in [2.24, 2.45) is 5.73 Å². The van der Waals surface area contributed by atoms with Crippen molar-refractivity contribution < 1.29 is 9.18 Å². The summed E-state index contributed by atoms with van der Waals surface area (Å²) in [5, 5.41) is 3.37. The molecule has 0 spiro atoms. The number of hydrogen-bond donors (Lipinski definition) is 2. The zero-order valence-corrected chi connectivity index (χ0v) is 11.9. The molecule has 0 aliphatic rings. The van der Waals surface area contributed by atoms with Crippen LogP contribution in [0.25, 0.3) is 0 Å². The van der Waals surface area contributed by atoms with Gasteiger partial charge in [-0.3, -0.25) is 4.79 Å². The highest BCUT2D eigenvalue weighted by Crippen LogP contribution is 2.31. The molecule has 0 radical (unpaired) electrons. The Labute approximate surface area is 124 Å². The second-order valence-corrected chi connectivity index (χ2v) is 4.88. The van der Waals surface area contributed by atoms with Crippen molar-refractivity contribution in [1.82, 2.24) is 4.98 Å². The minimum atomic E-state index is -0.870. The van der Waals surface area contributed by atoms with Crippen LogP contribution in [0, 0.1) is 12.7 Å². The second kappa shape index (κ2) is 5.64. The Balaban J connectivity index is 2.56. The number of carbonyl (C=O) groups excluding carboxylic acids is 1. The molecule has 3 N–H and O–H groups in total. The van der Waals surface area contributed by atoms with Gasteiger partial charge in [0.2, 0.25) is 0 Å². The molecule has 0 aliphatic heterocycles. The molecule has 0 saturated heterocycles.